The number of non-ortho nitro benzene ring substituents is 1. The third kappa shape index (κ3) is 3.03. The predicted octanol–water partition coefficient (Wildman–Crippen LogP) is 4.63. The molecule has 1 N–H and O–H groups in total. The molecule has 5 heteroatoms. The number of rotatable bonds is 2. The quantitative estimate of drug-likeness (QED) is 0.649. The van der Waals surface area contributed by atoms with Crippen LogP contribution in [-0.2, 0) is 0 Å². The topological polar surface area (TPSA) is 55.2 Å². The highest BCUT2D eigenvalue weighted by Gasteiger charge is 2.22. The molecule has 1 aliphatic rings. The van der Waals surface area contributed by atoms with Crippen LogP contribution in [0, 0.1) is 10.1 Å². The van der Waals surface area contributed by atoms with E-state index >= 15 is 0 Å². The maximum atomic E-state index is 10.7. The molecule has 1 heterocycles. The molecule has 0 bridgehead atoms. The average molecular weight is 300 g/mol. The molecule has 0 amide bonds. The van der Waals surface area contributed by atoms with Gasteiger partial charge in [-0.15, -0.1) is 11.8 Å². The van der Waals surface area contributed by atoms with E-state index in [0.717, 1.165) is 12.0 Å². The number of nitro benzene ring substituents is 1. The fourth-order valence-electron chi connectivity index (χ4n) is 2.55. The van der Waals surface area contributed by atoms with Crippen LogP contribution in [0.4, 0.5) is 11.4 Å². The molecule has 2 aromatic carbocycles. The van der Waals surface area contributed by atoms with Gasteiger partial charge in [-0.05, 0) is 31.0 Å². The predicted molar refractivity (Wildman–Crippen MR) is 85.8 cm³/mol. The molecule has 0 saturated heterocycles. The van der Waals surface area contributed by atoms with E-state index in [1.807, 2.05) is 36.0 Å². The van der Waals surface area contributed by atoms with Crippen molar-refractivity contribution in [1.29, 1.82) is 0 Å². The molecule has 0 aliphatic carbocycles. The number of nitro groups is 1. The lowest BCUT2D eigenvalue weighted by atomic mass is 10.0. The summed E-state index contributed by atoms with van der Waals surface area (Å²) in [7, 11) is 0. The molecule has 2 atom stereocenters. The second kappa shape index (κ2) is 5.77. The lowest BCUT2D eigenvalue weighted by Crippen LogP contribution is -2.15. The van der Waals surface area contributed by atoms with E-state index in [4.69, 9.17) is 0 Å². The van der Waals surface area contributed by atoms with E-state index in [1.165, 1.54) is 10.6 Å². The van der Waals surface area contributed by atoms with Crippen LogP contribution in [0.15, 0.2) is 53.4 Å². The first-order valence-corrected chi connectivity index (χ1v) is 7.78. The average Bonchev–Trinajstić information content (AvgIpc) is 2.65. The maximum Gasteiger partial charge on any atom is 0.269 e. The van der Waals surface area contributed by atoms with Crippen molar-refractivity contribution in [3.63, 3.8) is 0 Å². The molecular formula is C16H16N2O2S. The van der Waals surface area contributed by atoms with Gasteiger partial charge in [-0.1, -0.05) is 24.3 Å². The van der Waals surface area contributed by atoms with Crippen LogP contribution in [0.25, 0.3) is 0 Å². The number of thioether (sulfide) groups is 1. The fourth-order valence-corrected chi connectivity index (χ4v) is 3.95. The fraction of sp³-hybridized carbons (Fsp3) is 0.250. The summed E-state index contributed by atoms with van der Waals surface area (Å²) in [6, 6.07) is 15.6. The monoisotopic (exact) mass is 300 g/mol. The van der Waals surface area contributed by atoms with Crippen molar-refractivity contribution >= 4 is 23.1 Å². The molecule has 2 aromatic rings. The van der Waals surface area contributed by atoms with Crippen LogP contribution in [0.1, 0.15) is 24.2 Å². The first-order valence-electron chi connectivity index (χ1n) is 6.90. The Morgan fingerprint density at radius 2 is 1.90 bits per heavy atom. The zero-order chi connectivity index (χ0) is 14.8. The molecular weight excluding hydrogens is 284 g/mol. The van der Waals surface area contributed by atoms with Gasteiger partial charge >= 0.3 is 0 Å². The molecule has 3 rings (SSSR count). The molecule has 108 valence electrons. The number of anilines is 1. The van der Waals surface area contributed by atoms with Gasteiger partial charge in [0.05, 0.1) is 4.92 Å². The van der Waals surface area contributed by atoms with E-state index in [0.29, 0.717) is 11.3 Å². The number of nitrogens with one attached hydrogen (secondary N) is 1. The Hall–Kier alpha value is -2.01. The van der Waals surface area contributed by atoms with Gasteiger partial charge in [0, 0.05) is 34.0 Å². The molecule has 1 aliphatic heterocycles. The van der Waals surface area contributed by atoms with Crippen molar-refractivity contribution in [3.05, 3.63) is 64.2 Å². The van der Waals surface area contributed by atoms with Crippen LogP contribution in [0.5, 0.6) is 0 Å². The molecule has 0 radical (unpaired) electrons. The van der Waals surface area contributed by atoms with E-state index in [1.54, 1.807) is 12.1 Å². The van der Waals surface area contributed by atoms with Crippen LogP contribution < -0.4 is 5.32 Å². The van der Waals surface area contributed by atoms with E-state index in [-0.39, 0.29) is 10.6 Å². The van der Waals surface area contributed by atoms with Gasteiger partial charge in [0.15, 0.2) is 0 Å². The Balaban J connectivity index is 1.90. The van der Waals surface area contributed by atoms with Gasteiger partial charge in [-0.25, -0.2) is 0 Å². The largest absolute Gasteiger partial charge is 0.382 e. The zero-order valence-corrected chi connectivity index (χ0v) is 12.5. The second-order valence-corrected chi connectivity index (χ2v) is 6.48. The maximum absolute atomic E-state index is 10.7. The zero-order valence-electron chi connectivity index (χ0n) is 11.7. The van der Waals surface area contributed by atoms with E-state index < -0.39 is 0 Å². The van der Waals surface area contributed by atoms with E-state index in [2.05, 4.69) is 24.4 Å². The minimum absolute atomic E-state index is 0.143. The van der Waals surface area contributed by atoms with E-state index in [9.17, 15) is 10.1 Å². The standard InChI is InChI=1S/C16H16N2O2S/c1-11-10-16(12-6-8-13(9-7-12)18(19)20)21-15-5-3-2-4-14(15)17-11/h2-9,11,16-17H,10H2,1H3. The summed E-state index contributed by atoms with van der Waals surface area (Å²) in [5, 5.41) is 14.6. The van der Waals surface area contributed by atoms with Crippen LogP contribution in [-0.4, -0.2) is 11.0 Å². The van der Waals surface area contributed by atoms with Crippen LogP contribution in [0.3, 0.4) is 0 Å². The summed E-state index contributed by atoms with van der Waals surface area (Å²) in [5.41, 5.74) is 2.44. The molecule has 0 aromatic heterocycles. The molecule has 0 fully saturated rings. The molecule has 0 spiro atoms. The number of hydrogen-bond donors (Lipinski definition) is 1. The normalized spacial score (nSPS) is 21.0. The lowest BCUT2D eigenvalue weighted by Gasteiger charge is -2.17. The summed E-state index contributed by atoms with van der Waals surface area (Å²) >= 11 is 1.82. The second-order valence-electron chi connectivity index (χ2n) is 5.23. The van der Waals surface area contributed by atoms with Crippen molar-refractivity contribution in [2.45, 2.75) is 29.5 Å². The van der Waals surface area contributed by atoms with Crippen molar-refractivity contribution in [1.82, 2.24) is 0 Å². The molecule has 21 heavy (non-hydrogen) atoms. The Labute approximate surface area is 127 Å². The summed E-state index contributed by atoms with van der Waals surface area (Å²) < 4.78 is 0. The number of benzene rings is 2. The number of fused-ring (bicyclic) bond motifs is 1. The number of nitrogens with zero attached hydrogens (tertiary/aromatic N) is 1. The Kier molecular flexibility index (Phi) is 3.84. The van der Waals surface area contributed by atoms with Gasteiger partial charge in [0.2, 0.25) is 0 Å². The van der Waals surface area contributed by atoms with Crippen molar-refractivity contribution in [2.75, 3.05) is 5.32 Å². The Morgan fingerprint density at radius 1 is 1.19 bits per heavy atom. The first kappa shape index (κ1) is 13.9. The van der Waals surface area contributed by atoms with Gasteiger partial charge in [0.25, 0.3) is 5.69 Å². The SMILES string of the molecule is CC1CC(c2ccc([N+](=O)[O-])cc2)Sc2ccccc2N1. The third-order valence-electron chi connectivity index (χ3n) is 3.60. The Morgan fingerprint density at radius 3 is 2.62 bits per heavy atom. The first-order chi connectivity index (χ1) is 10.1. The molecule has 2 unspecified atom stereocenters. The Bertz CT molecular complexity index is 658. The number of hydrogen-bond acceptors (Lipinski definition) is 4. The summed E-state index contributed by atoms with van der Waals surface area (Å²) in [5.74, 6) is 0. The summed E-state index contributed by atoms with van der Waals surface area (Å²) in [6.45, 7) is 2.17. The lowest BCUT2D eigenvalue weighted by molar-refractivity contribution is -0.384. The number of para-hydroxylation sites is 1. The minimum atomic E-state index is -0.358. The summed E-state index contributed by atoms with van der Waals surface area (Å²) in [6.07, 6.45) is 0.983. The van der Waals surface area contributed by atoms with Crippen molar-refractivity contribution < 1.29 is 4.92 Å². The van der Waals surface area contributed by atoms with Gasteiger partial charge in [-0.2, -0.15) is 0 Å². The van der Waals surface area contributed by atoms with Gasteiger partial charge < -0.3 is 5.32 Å². The third-order valence-corrected chi connectivity index (χ3v) is 4.96. The van der Waals surface area contributed by atoms with Crippen molar-refractivity contribution in [3.8, 4) is 0 Å². The highest BCUT2D eigenvalue weighted by molar-refractivity contribution is 7.99. The molecule has 0 saturated carbocycles. The van der Waals surface area contributed by atoms with Crippen LogP contribution >= 0.6 is 11.8 Å². The highest BCUT2D eigenvalue weighted by atomic mass is 32.2. The minimum Gasteiger partial charge on any atom is -0.382 e. The smallest absolute Gasteiger partial charge is 0.269 e. The van der Waals surface area contributed by atoms with Crippen molar-refractivity contribution in [2.24, 2.45) is 0 Å². The van der Waals surface area contributed by atoms with Gasteiger partial charge in [-0.3, -0.25) is 10.1 Å². The molecule has 4 nitrogen and oxygen atoms in total. The highest BCUT2D eigenvalue weighted by Crippen LogP contribution is 2.44. The summed E-state index contributed by atoms with van der Waals surface area (Å²) in [4.78, 5) is 11.6. The van der Waals surface area contributed by atoms with Crippen LogP contribution in [0.2, 0.25) is 0 Å². The van der Waals surface area contributed by atoms with Gasteiger partial charge in [0.1, 0.15) is 0 Å².